The van der Waals surface area contributed by atoms with E-state index in [9.17, 15) is 0 Å². The minimum Gasteiger partial charge on any atom is -1.00 e. The number of halogens is 1. The van der Waals surface area contributed by atoms with E-state index in [4.69, 9.17) is 9.47 Å². The number of tetrazole rings is 1. The molecule has 1 N–H and O–H groups in total. The molecule has 0 saturated carbocycles. The lowest BCUT2D eigenvalue weighted by Gasteiger charge is -2.13. The number of benzene rings is 2. The minimum atomic E-state index is 0. The highest BCUT2D eigenvalue weighted by Crippen LogP contribution is 2.32. The fraction of sp³-hybridized carbons (Fsp3) is 0.190. The molecule has 0 saturated heterocycles. The highest BCUT2D eigenvalue weighted by atomic mass is 35.5. The lowest BCUT2D eigenvalue weighted by Crippen LogP contribution is -3.00. The van der Waals surface area contributed by atoms with Crippen LogP contribution < -0.4 is 27.2 Å². The van der Waals surface area contributed by atoms with Crippen LogP contribution in [0.1, 0.15) is 17.4 Å². The van der Waals surface area contributed by atoms with E-state index in [1.165, 1.54) is 4.88 Å². The first kappa shape index (κ1) is 21.8. The molecular formula is C21H21ClN5O2S-. The topological polar surface area (TPSA) is 74.1 Å². The van der Waals surface area contributed by atoms with Crippen LogP contribution in [0.25, 0.3) is 5.69 Å². The van der Waals surface area contributed by atoms with Crippen LogP contribution in [-0.4, -0.2) is 26.8 Å². The van der Waals surface area contributed by atoms with Crippen LogP contribution in [0.5, 0.6) is 17.5 Å². The molecule has 156 valence electrons. The van der Waals surface area contributed by atoms with Crippen molar-refractivity contribution in [3.8, 4) is 23.2 Å². The number of para-hydroxylation sites is 1. The van der Waals surface area contributed by atoms with Crippen molar-refractivity contribution >= 4 is 11.3 Å². The van der Waals surface area contributed by atoms with Crippen molar-refractivity contribution < 1.29 is 21.9 Å². The Kier molecular flexibility index (Phi) is 7.78. The molecule has 0 fully saturated rings. The van der Waals surface area contributed by atoms with Gasteiger partial charge in [0.2, 0.25) is 0 Å². The van der Waals surface area contributed by atoms with Gasteiger partial charge in [0.05, 0.1) is 12.3 Å². The van der Waals surface area contributed by atoms with Crippen molar-refractivity contribution in [2.75, 3.05) is 6.61 Å². The summed E-state index contributed by atoms with van der Waals surface area (Å²) < 4.78 is 13.3. The van der Waals surface area contributed by atoms with Crippen molar-refractivity contribution in [2.45, 2.75) is 20.0 Å². The van der Waals surface area contributed by atoms with Gasteiger partial charge in [-0.05, 0) is 58.6 Å². The van der Waals surface area contributed by atoms with Gasteiger partial charge in [-0.25, -0.2) is 0 Å². The largest absolute Gasteiger partial charge is 1.00 e. The SMILES string of the molecule is CCOc1cc(CNCc2cccs2)ccc1Oc1nnnn1-c1ccccc1.[Cl-]. The third kappa shape index (κ3) is 5.35. The van der Waals surface area contributed by atoms with E-state index in [0.717, 1.165) is 24.3 Å². The van der Waals surface area contributed by atoms with Crippen molar-refractivity contribution in [1.82, 2.24) is 25.5 Å². The highest BCUT2D eigenvalue weighted by molar-refractivity contribution is 7.09. The van der Waals surface area contributed by atoms with Crippen molar-refractivity contribution in [2.24, 2.45) is 0 Å². The number of hydrogen-bond acceptors (Lipinski definition) is 7. The number of rotatable bonds is 9. The smallest absolute Gasteiger partial charge is 0.346 e. The number of ether oxygens (including phenoxy) is 2. The van der Waals surface area contributed by atoms with Crippen LogP contribution in [0.15, 0.2) is 66.0 Å². The molecule has 4 rings (SSSR count). The lowest BCUT2D eigenvalue weighted by atomic mass is 10.2. The molecule has 0 atom stereocenters. The van der Waals surface area contributed by atoms with Gasteiger partial charge < -0.3 is 27.2 Å². The first-order valence-electron chi connectivity index (χ1n) is 9.34. The zero-order chi connectivity index (χ0) is 19.9. The number of hydrogen-bond donors (Lipinski definition) is 1. The Labute approximate surface area is 185 Å². The predicted molar refractivity (Wildman–Crippen MR) is 112 cm³/mol. The average molecular weight is 443 g/mol. The Balaban J connectivity index is 0.00000256. The normalized spacial score (nSPS) is 10.4. The maximum Gasteiger partial charge on any atom is 0.346 e. The van der Waals surface area contributed by atoms with Crippen molar-refractivity contribution in [3.05, 3.63) is 76.5 Å². The minimum absolute atomic E-state index is 0. The van der Waals surface area contributed by atoms with Crippen LogP contribution in [0.4, 0.5) is 0 Å². The van der Waals surface area contributed by atoms with Crippen LogP contribution in [0.3, 0.4) is 0 Å². The van der Waals surface area contributed by atoms with Gasteiger partial charge >= 0.3 is 6.01 Å². The Morgan fingerprint density at radius 1 is 1.00 bits per heavy atom. The molecule has 9 heteroatoms. The molecular weight excluding hydrogens is 422 g/mol. The number of nitrogens with one attached hydrogen (secondary N) is 1. The summed E-state index contributed by atoms with van der Waals surface area (Å²) in [7, 11) is 0. The summed E-state index contributed by atoms with van der Waals surface area (Å²) in [5, 5.41) is 17.3. The number of thiophene rings is 1. The van der Waals surface area contributed by atoms with Gasteiger partial charge in [-0.15, -0.1) is 11.3 Å². The molecule has 0 unspecified atom stereocenters. The van der Waals surface area contributed by atoms with Crippen molar-refractivity contribution in [1.29, 1.82) is 0 Å². The maximum atomic E-state index is 5.99. The van der Waals surface area contributed by atoms with E-state index in [1.807, 2.05) is 55.5 Å². The number of nitrogens with zero attached hydrogens (tertiary/aromatic N) is 4. The van der Waals surface area contributed by atoms with E-state index < -0.39 is 0 Å². The summed E-state index contributed by atoms with van der Waals surface area (Å²) in [5.41, 5.74) is 1.93. The summed E-state index contributed by atoms with van der Waals surface area (Å²) in [5.74, 6) is 1.23. The third-order valence-electron chi connectivity index (χ3n) is 4.16. The molecule has 0 aliphatic heterocycles. The fourth-order valence-corrected chi connectivity index (χ4v) is 3.50. The summed E-state index contributed by atoms with van der Waals surface area (Å²) in [6.45, 7) is 4.05. The highest BCUT2D eigenvalue weighted by Gasteiger charge is 2.14. The quantitative estimate of drug-likeness (QED) is 0.420. The molecule has 2 aromatic heterocycles. The molecule has 4 aromatic rings. The molecule has 0 amide bonds. The molecule has 30 heavy (non-hydrogen) atoms. The Hall–Kier alpha value is -2.94. The summed E-state index contributed by atoms with van der Waals surface area (Å²) in [4.78, 5) is 1.31. The molecule has 0 aliphatic carbocycles. The Morgan fingerprint density at radius 3 is 2.63 bits per heavy atom. The van der Waals surface area contributed by atoms with E-state index in [0.29, 0.717) is 18.1 Å². The maximum absolute atomic E-state index is 5.99. The second-order valence-electron chi connectivity index (χ2n) is 6.21. The van der Waals surface area contributed by atoms with Gasteiger partial charge in [0.1, 0.15) is 0 Å². The first-order chi connectivity index (χ1) is 14.3. The van der Waals surface area contributed by atoms with Gasteiger partial charge in [-0.2, -0.15) is 4.68 Å². The van der Waals surface area contributed by atoms with Gasteiger partial charge in [0, 0.05) is 18.0 Å². The molecule has 0 bridgehead atoms. The standard InChI is InChI=1S/C21H21N5O2S.ClH/c1-2-27-20-13-16(14-22-15-18-9-6-12-29-18)10-11-19(20)28-21-23-24-25-26(21)17-7-4-3-5-8-17;/h3-13,22H,2,14-15H2,1H3;1H/p-1. The molecule has 0 radical (unpaired) electrons. The Morgan fingerprint density at radius 2 is 1.87 bits per heavy atom. The van der Waals surface area contributed by atoms with Crippen molar-refractivity contribution in [3.63, 3.8) is 0 Å². The van der Waals surface area contributed by atoms with Gasteiger partial charge in [-0.1, -0.05) is 35.4 Å². The average Bonchev–Trinajstić information content (AvgIpc) is 3.43. The summed E-state index contributed by atoms with van der Waals surface area (Å²) in [6, 6.07) is 19.9. The van der Waals surface area contributed by atoms with Gasteiger partial charge in [0.15, 0.2) is 11.5 Å². The van der Waals surface area contributed by atoms with E-state index in [-0.39, 0.29) is 18.4 Å². The molecule has 0 spiro atoms. The van der Waals surface area contributed by atoms with E-state index >= 15 is 0 Å². The molecule has 2 aromatic carbocycles. The predicted octanol–water partition coefficient (Wildman–Crippen LogP) is 1.21. The lowest BCUT2D eigenvalue weighted by molar-refractivity contribution is -0.00000695. The number of aromatic nitrogens is 4. The zero-order valence-corrected chi connectivity index (χ0v) is 17.9. The monoisotopic (exact) mass is 442 g/mol. The van der Waals surface area contributed by atoms with Crippen LogP contribution in [0, 0.1) is 0 Å². The van der Waals surface area contributed by atoms with E-state index in [1.54, 1.807) is 16.0 Å². The van der Waals surface area contributed by atoms with Crippen LogP contribution in [0.2, 0.25) is 0 Å². The fourth-order valence-electron chi connectivity index (χ4n) is 2.83. The van der Waals surface area contributed by atoms with Gasteiger partial charge in [0.25, 0.3) is 0 Å². The molecule has 7 nitrogen and oxygen atoms in total. The second-order valence-corrected chi connectivity index (χ2v) is 7.24. The first-order valence-corrected chi connectivity index (χ1v) is 10.2. The molecule has 2 heterocycles. The van der Waals surface area contributed by atoms with Crippen LogP contribution >= 0.6 is 11.3 Å². The summed E-state index contributed by atoms with van der Waals surface area (Å²) in [6.07, 6.45) is 0. The van der Waals surface area contributed by atoms with Gasteiger partial charge in [-0.3, -0.25) is 0 Å². The zero-order valence-electron chi connectivity index (χ0n) is 16.4. The Bertz CT molecular complexity index is 1040. The second kappa shape index (κ2) is 10.7. The van der Waals surface area contributed by atoms with E-state index in [2.05, 4.69) is 38.4 Å². The molecule has 0 aliphatic rings. The summed E-state index contributed by atoms with van der Waals surface area (Å²) >= 11 is 1.75. The van der Waals surface area contributed by atoms with Crippen LogP contribution in [-0.2, 0) is 13.1 Å². The third-order valence-corrected chi connectivity index (χ3v) is 5.04.